The number of amides is 1. The van der Waals surface area contributed by atoms with Gasteiger partial charge in [0.2, 0.25) is 5.91 Å². The minimum atomic E-state index is -1.20. The van der Waals surface area contributed by atoms with Crippen molar-refractivity contribution in [2.75, 3.05) is 0 Å². The highest BCUT2D eigenvalue weighted by Gasteiger charge is 2.31. The predicted molar refractivity (Wildman–Crippen MR) is 73.4 cm³/mol. The summed E-state index contributed by atoms with van der Waals surface area (Å²) < 4.78 is 0. The van der Waals surface area contributed by atoms with Gasteiger partial charge >= 0.3 is 0 Å². The fraction of sp³-hybridized carbons (Fsp3) is 0.333. The summed E-state index contributed by atoms with van der Waals surface area (Å²) in [4.78, 5) is 23.2. The summed E-state index contributed by atoms with van der Waals surface area (Å²) in [6.45, 7) is 0.372. The van der Waals surface area contributed by atoms with Crippen LogP contribution >= 0.6 is 11.6 Å². The van der Waals surface area contributed by atoms with Crippen molar-refractivity contribution < 1.29 is 14.7 Å². The summed E-state index contributed by atoms with van der Waals surface area (Å²) in [5, 5.41) is 14.4. The molecule has 0 saturated heterocycles. The molecule has 0 aromatic heterocycles. The molecule has 1 amide bonds. The van der Waals surface area contributed by atoms with Gasteiger partial charge in [-0.1, -0.05) is 48.0 Å². The average Bonchev–Trinajstić information content (AvgIpc) is 2.45. The fourth-order valence-corrected chi connectivity index (χ4v) is 2.56. The Bertz CT molecular complexity index is 527. The van der Waals surface area contributed by atoms with Gasteiger partial charge in [-0.25, -0.2) is 0 Å². The first kappa shape index (κ1) is 14.6. The Morgan fingerprint density at radius 3 is 2.60 bits per heavy atom. The maximum atomic E-state index is 12.1. The molecule has 0 spiro atoms. The lowest BCUT2D eigenvalue weighted by Crippen LogP contribution is -2.43. The van der Waals surface area contributed by atoms with E-state index in [9.17, 15) is 14.7 Å². The van der Waals surface area contributed by atoms with Gasteiger partial charge in [-0.3, -0.25) is 4.79 Å². The number of carboxylic acid groups (broad SMARTS) is 1. The smallest absolute Gasteiger partial charge is 0.224 e. The molecule has 0 saturated carbocycles. The van der Waals surface area contributed by atoms with Gasteiger partial charge in [-0.2, -0.15) is 0 Å². The van der Waals surface area contributed by atoms with Gasteiger partial charge in [0.05, 0.1) is 5.92 Å². The molecule has 1 aromatic rings. The van der Waals surface area contributed by atoms with Gasteiger partial charge in [0.1, 0.15) is 0 Å². The van der Waals surface area contributed by atoms with Crippen LogP contribution < -0.4 is 10.4 Å². The lowest BCUT2D eigenvalue weighted by Gasteiger charge is -2.29. The first-order valence-electron chi connectivity index (χ1n) is 6.45. The molecule has 2 rings (SSSR count). The van der Waals surface area contributed by atoms with Gasteiger partial charge < -0.3 is 15.2 Å². The summed E-state index contributed by atoms with van der Waals surface area (Å²) in [6.07, 6.45) is 2.13. The zero-order valence-electron chi connectivity index (χ0n) is 10.8. The van der Waals surface area contributed by atoms with Crippen LogP contribution in [-0.2, 0) is 16.1 Å². The predicted octanol–water partition coefficient (Wildman–Crippen LogP) is 1.20. The van der Waals surface area contributed by atoms with Crippen LogP contribution in [0.1, 0.15) is 18.4 Å². The van der Waals surface area contributed by atoms with E-state index in [2.05, 4.69) is 5.32 Å². The van der Waals surface area contributed by atoms with E-state index >= 15 is 0 Å². The van der Waals surface area contributed by atoms with E-state index in [1.54, 1.807) is 6.08 Å². The third-order valence-electron chi connectivity index (χ3n) is 3.44. The van der Waals surface area contributed by atoms with Gasteiger partial charge in [-0.15, -0.1) is 0 Å². The number of halogens is 1. The van der Waals surface area contributed by atoms with Gasteiger partial charge in [0.15, 0.2) is 0 Å². The molecule has 106 valence electrons. The summed E-state index contributed by atoms with van der Waals surface area (Å²) >= 11 is 5.91. The molecule has 2 atom stereocenters. The number of rotatable bonds is 4. The summed E-state index contributed by atoms with van der Waals surface area (Å²) in [5.74, 6) is -2.98. The van der Waals surface area contributed by atoms with Gasteiger partial charge in [0, 0.05) is 23.5 Å². The van der Waals surface area contributed by atoms with E-state index in [0.717, 1.165) is 5.56 Å². The minimum absolute atomic E-state index is 0.241. The molecular weight excluding hydrogens is 278 g/mol. The van der Waals surface area contributed by atoms with Crippen LogP contribution in [0.4, 0.5) is 0 Å². The molecule has 20 heavy (non-hydrogen) atoms. The number of benzene rings is 1. The van der Waals surface area contributed by atoms with E-state index in [4.69, 9.17) is 11.6 Å². The fourth-order valence-electron chi connectivity index (χ4n) is 2.31. The molecule has 0 fully saturated rings. The molecule has 0 unspecified atom stereocenters. The molecule has 1 aliphatic rings. The number of nitrogens with one attached hydrogen (secondary N) is 1. The number of allylic oxidation sites excluding steroid dienone is 2. The second-order valence-electron chi connectivity index (χ2n) is 4.83. The molecule has 5 heteroatoms. The van der Waals surface area contributed by atoms with Crippen LogP contribution in [0, 0.1) is 11.8 Å². The number of carbonyl (C=O) groups is 2. The maximum Gasteiger partial charge on any atom is 0.224 e. The average molecular weight is 293 g/mol. The molecule has 0 bridgehead atoms. The van der Waals surface area contributed by atoms with Crippen molar-refractivity contribution in [3.63, 3.8) is 0 Å². The van der Waals surface area contributed by atoms with Crippen LogP contribution in [-0.4, -0.2) is 11.9 Å². The van der Waals surface area contributed by atoms with Gasteiger partial charge in [0.25, 0.3) is 0 Å². The number of carbonyl (C=O) groups excluding carboxylic acids is 2. The van der Waals surface area contributed by atoms with E-state index < -0.39 is 17.8 Å². The highest BCUT2D eigenvalue weighted by atomic mass is 35.5. The summed E-state index contributed by atoms with van der Waals surface area (Å²) in [5.41, 5.74) is 0.961. The molecule has 1 N–H and O–H groups in total. The van der Waals surface area contributed by atoms with E-state index in [0.29, 0.717) is 11.6 Å². The summed E-state index contributed by atoms with van der Waals surface area (Å²) in [7, 11) is 0. The van der Waals surface area contributed by atoms with Crippen LogP contribution in [0.5, 0.6) is 0 Å². The molecule has 0 heterocycles. The molecular formula is C15H15ClNO3-. The van der Waals surface area contributed by atoms with Crippen molar-refractivity contribution in [3.8, 4) is 0 Å². The van der Waals surface area contributed by atoms with Crippen molar-refractivity contribution in [3.05, 3.63) is 47.0 Å². The van der Waals surface area contributed by atoms with E-state index in [-0.39, 0.29) is 18.7 Å². The minimum Gasteiger partial charge on any atom is -0.550 e. The lowest BCUT2D eigenvalue weighted by molar-refractivity contribution is -0.313. The zero-order valence-corrected chi connectivity index (χ0v) is 11.6. The van der Waals surface area contributed by atoms with Crippen molar-refractivity contribution in [1.29, 1.82) is 0 Å². The number of hydrogen-bond acceptors (Lipinski definition) is 3. The normalized spacial score (nSPS) is 21.9. The Labute approximate surface area is 122 Å². The third kappa shape index (κ3) is 3.61. The molecule has 0 radical (unpaired) electrons. The SMILES string of the molecule is O=C(NCc1ccccc1)[C@H]1CC(Cl)=CC[C@H]1C(=O)[O-]. The first-order valence-corrected chi connectivity index (χ1v) is 6.82. The van der Waals surface area contributed by atoms with Crippen LogP contribution in [0.3, 0.4) is 0 Å². The number of aliphatic carboxylic acids is 1. The van der Waals surface area contributed by atoms with E-state index in [1.807, 2.05) is 30.3 Å². The zero-order chi connectivity index (χ0) is 14.5. The van der Waals surface area contributed by atoms with Crippen molar-refractivity contribution in [2.45, 2.75) is 19.4 Å². The van der Waals surface area contributed by atoms with Crippen LogP contribution in [0.2, 0.25) is 0 Å². The Kier molecular flexibility index (Phi) is 4.79. The Balaban J connectivity index is 2.00. The van der Waals surface area contributed by atoms with E-state index in [1.165, 1.54) is 0 Å². The lowest BCUT2D eigenvalue weighted by atomic mass is 9.82. The molecule has 1 aliphatic carbocycles. The molecule has 4 nitrogen and oxygen atoms in total. The topological polar surface area (TPSA) is 69.2 Å². The Hall–Kier alpha value is -1.81. The Morgan fingerprint density at radius 1 is 1.25 bits per heavy atom. The largest absolute Gasteiger partial charge is 0.550 e. The first-order chi connectivity index (χ1) is 9.58. The van der Waals surface area contributed by atoms with Crippen LogP contribution in [0.25, 0.3) is 0 Å². The molecule has 0 aliphatic heterocycles. The van der Waals surface area contributed by atoms with Crippen LogP contribution in [0.15, 0.2) is 41.4 Å². The monoisotopic (exact) mass is 292 g/mol. The van der Waals surface area contributed by atoms with Crippen molar-refractivity contribution in [2.24, 2.45) is 11.8 Å². The quantitative estimate of drug-likeness (QED) is 0.906. The third-order valence-corrected chi connectivity index (χ3v) is 3.75. The van der Waals surface area contributed by atoms with Crippen molar-refractivity contribution >= 4 is 23.5 Å². The van der Waals surface area contributed by atoms with Gasteiger partial charge in [-0.05, 0) is 18.4 Å². The maximum absolute atomic E-state index is 12.1. The second kappa shape index (κ2) is 6.57. The molecule has 1 aromatic carbocycles. The number of carboxylic acids is 1. The highest BCUT2D eigenvalue weighted by Crippen LogP contribution is 2.31. The standard InChI is InChI=1S/C15H16ClNO3/c16-11-6-7-12(15(19)20)13(8-11)14(18)17-9-10-4-2-1-3-5-10/h1-6,12-13H,7-9H2,(H,17,18)(H,19,20)/p-1/t12-,13+/m1/s1. The highest BCUT2D eigenvalue weighted by molar-refractivity contribution is 6.29. The summed E-state index contributed by atoms with van der Waals surface area (Å²) in [6, 6.07) is 9.44. The Morgan fingerprint density at radius 2 is 1.95 bits per heavy atom. The van der Waals surface area contributed by atoms with Crippen molar-refractivity contribution in [1.82, 2.24) is 5.32 Å². The second-order valence-corrected chi connectivity index (χ2v) is 5.31. The number of hydrogen-bond donors (Lipinski definition) is 1.